The molecule has 1 aromatic heterocycles. The quantitative estimate of drug-likeness (QED) is 0.234. The SMILES string of the molecule is Cl.Cl.c1cc(C2=NCCN2)ccc1OCCCCOc1ccc(-c2cc3cc(C4=NCCN4)ccc3o2)cc1. The van der Waals surface area contributed by atoms with Crippen molar-refractivity contribution in [2.45, 2.75) is 12.8 Å². The third-order valence-electron chi connectivity index (χ3n) is 6.48. The number of halogens is 2. The first-order valence-electron chi connectivity index (χ1n) is 12.9. The first kappa shape index (κ1) is 28.3. The van der Waals surface area contributed by atoms with Crippen LogP contribution < -0.4 is 20.1 Å². The number of hydrogen-bond donors (Lipinski definition) is 2. The number of benzene rings is 3. The van der Waals surface area contributed by atoms with Crippen molar-refractivity contribution in [2.24, 2.45) is 9.98 Å². The van der Waals surface area contributed by atoms with Gasteiger partial charge in [0, 0.05) is 35.2 Å². The summed E-state index contributed by atoms with van der Waals surface area (Å²) in [7, 11) is 0. The molecule has 0 spiro atoms. The van der Waals surface area contributed by atoms with Crippen molar-refractivity contribution in [1.82, 2.24) is 10.6 Å². The normalized spacial score (nSPS) is 13.9. The minimum absolute atomic E-state index is 0. The molecule has 4 aromatic rings. The smallest absolute Gasteiger partial charge is 0.135 e. The lowest BCUT2D eigenvalue weighted by molar-refractivity contribution is 0.266. The van der Waals surface area contributed by atoms with E-state index in [-0.39, 0.29) is 24.8 Å². The van der Waals surface area contributed by atoms with E-state index in [1.165, 1.54) is 0 Å². The van der Waals surface area contributed by atoms with E-state index in [1.807, 2.05) is 54.6 Å². The molecule has 0 atom stereocenters. The third kappa shape index (κ3) is 6.85. The maximum atomic E-state index is 6.08. The summed E-state index contributed by atoms with van der Waals surface area (Å²) in [6.07, 6.45) is 1.85. The number of ether oxygens (including phenoxy) is 2. The van der Waals surface area contributed by atoms with Crippen molar-refractivity contribution < 1.29 is 13.9 Å². The van der Waals surface area contributed by atoms with Crippen LogP contribution in [-0.2, 0) is 0 Å². The second-order valence-electron chi connectivity index (χ2n) is 9.13. The van der Waals surface area contributed by atoms with Gasteiger partial charge in [-0.05, 0) is 85.6 Å². The first-order chi connectivity index (χ1) is 18.3. The Balaban J connectivity index is 0.00000176. The summed E-state index contributed by atoms with van der Waals surface area (Å²) in [6.45, 7) is 4.80. The molecule has 2 N–H and O–H groups in total. The standard InChI is InChI=1S/C30H30N4O3.2ClH/c1(2-18-36-26-10-5-22(6-11-26)29-31-13-14-32-29)17-35-25-8-3-21(4-9-25)28-20-24-19-23(7-12-27(24)37-28)30-33-15-16-34-30;;/h3-12,19-20H,1-2,13-18H2,(H,31,32)(H,33,34);2*1H. The minimum atomic E-state index is 0. The summed E-state index contributed by atoms with van der Waals surface area (Å²) in [4.78, 5) is 8.95. The Morgan fingerprint density at radius 3 is 1.74 bits per heavy atom. The highest BCUT2D eigenvalue weighted by Gasteiger charge is 2.12. The predicted octanol–water partition coefficient (Wildman–Crippen LogP) is 5.88. The van der Waals surface area contributed by atoms with Crippen LogP contribution in [0.4, 0.5) is 0 Å². The van der Waals surface area contributed by atoms with E-state index < -0.39 is 0 Å². The van der Waals surface area contributed by atoms with Gasteiger partial charge in [0.1, 0.15) is 34.5 Å². The van der Waals surface area contributed by atoms with Gasteiger partial charge in [-0.1, -0.05) is 0 Å². The number of nitrogens with one attached hydrogen (secondary N) is 2. The summed E-state index contributed by atoms with van der Waals surface area (Å²) in [6, 6.07) is 24.4. The second kappa shape index (κ2) is 13.4. The number of amidine groups is 2. The topological polar surface area (TPSA) is 80.4 Å². The monoisotopic (exact) mass is 566 g/mol. The molecule has 9 heteroatoms. The average Bonchev–Trinajstić information content (AvgIpc) is 3.73. The highest BCUT2D eigenvalue weighted by molar-refractivity contribution is 6.02. The van der Waals surface area contributed by atoms with Gasteiger partial charge in [-0.25, -0.2) is 0 Å². The maximum Gasteiger partial charge on any atom is 0.135 e. The molecule has 6 rings (SSSR count). The largest absolute Gasteiger partial charge is 0.494 e. The Hall–Kier alpha value is -3.68. The zero-order valence-electron chi connectivity index (χ0n) is 21.5. The Bertz CT molecular complexity index is 1430. The molecular formula is C30H32Cl2N4O3. The Morgan fingerprint density at radius 1 is 0.641 bits per heavy atom. The summed E-state index contributed by atoms with van der Waals surface area (Å²) in [5, 5.41) is 7.68. The van der Waals surface area contributed by atoms with Gasteiger partial charge in [0.05, 0.1) is 26.3 Å². The van der Waals surface area contributed by atoms with E-state index in [9.17, 15) is 0 Å². The molecule has 2 aliphatic rings. The van der Waals surface area contributed by atoms with Gasteiger partial charge >= 0.3 is 0 Å². The van der Waals surface area contributed by atoms with E-state index in [0.717, 1.165) is 95.6 Å². The predicted molar refractivity (Wildman–Crippen MR) is 162 cm³/mol. The number of fused-ring (bicyclic) bond motifs is 1. The Labute approximate surface area is 240 Å². The van der Waals surface area contributed by atoms with Crippen molar-refractivity contribution in [2.75, 3.05) is 39.4 Å². The number of hydrogen-bond acceptors (Lipinski definition) is 7. The maximum absolute atomic E-state index is 6.08. The summed E-state index contributed by atoms with van der Waals surface area (Å²) < 4.78 is 17.9. The van der Waals surface area contributed by atoms with Crippen molar-refractivity contribution in [3.63, 3.8) is 0 Å². The van der Waals surface area contributed by atoms with Crippen LogP contribution in [0.1, 0.15) is 24.0 Å². The molecule has 0 radical (unpaired) electrons. The zero-order valence-corrected chi connectivity index (χ0v) is 23.2. The van der Waals surface area contributed by atoms with Crippen LogP contribution in [0.25, 0.3) is 22.3 Å². The van der Waals surface area contributed by atoms with E-state index in [1.54, 1.807) is 0 Å². The van der Waals surface area contributed by atoms with Crippen molar-refractivity contribution in [1.29, 1.82) is 0 Å². The minimum Gasteiger partial charge on any atom is -0.494 e. The number of aliphatic imine (C=N–C) groups is 2. The van der Waals surface area contributed by atoms with Crippen molar-refractivity contribution in [3.8, 4) is 22.8 Å². The van der Waals surface area contributed by atoms with Gasteiger partial charge < -0.3 is 24.5 Å². The lowest BCUT2D eigenvalue weighted by atomic mass is 10.1. The molecule has 204 valence electrons. The number of rotatable bonds is 10. The lowest BCUT2D eigenvalue weighted by Gasteiger charge is -2.09. The van der Waals surface area contributed by atoms with Crippen LogP contribution in [0, 0.1) is 0 Å². The molecule has 3 aromatic carbocycles. The fourth-order valence-electron chi connectivity index (χ4n) is 4.52. The number of furan rings is 1. The van der Waals surface area contributed by atoms with Crippen LogP contribution >= 0.6 is 24.8 Å². The lowest BCUT2D eigenvalue weighted by Crippen LogP contribution is -2.19. The highest BCUT2D eigenvalue weighted by Crippen LogP contribution is 2.30. The van der Waals surface area contributed by atoms with E-state index in [2.05, 4.69) is 38.8 Å². The summed E-state index contributed by atoms with van der Waals surface area (Å²) in [5.74, 6) is 4.50. The molecular weight excluding hydrogens is 535 g/mol. The van der Waals surface area contributed by atoms with Crippen LogP contribution in [0.5, 0.6) is 11.5 Å². The van der Waals surface area contributed by atoms with Crippen molar-refractivity contribution >= 4 is 47.5 Å². The van der Waals surface area contributed by atoms with Gasteiger partial charge in [-0.3, -0.25) is 9.98 Å². The molecule has 2 aliphatic heterocycles. The molecule has 0 amide bonds. The number of nitrogens with zero attached hydrogens (tertiary/aromatic N) is 2. The molecule has 0 aliphatic carbocycles. The van der Waals surface area contributed by atoms with Gasteiger partial charge in [0.15, 0.2) is 0 Å². The molecule has 7 nitrogen and oxygen atoms in total. The fraction of sp³-hybridized carbons (Fsp3) is 0.267. The van der Waals surface area contributed by atoms with E-state index in [4.69, 9.17) is 13.9 Å². The second-order valence-corrected chi connectivity index (χ2v) is 9.13. The zero-order chi connectivity index (χ0) is 24.9. The highest BCUT2D eigenvalue weighted by atomic mass is 35.5. The van der Waals surface area contributed by atoms with E-state index in [0.29, 0.717) is 13.2 Å². The van der Waals surface area contributed by atoms with Gasteiger partial charge in [-0.2, -0.15) is 0 Å². The van der Waals surface area contributed by atoms with Gasteiger partial charge in [0.25, 0.3) is 0 Å². The first-order valence-corrected chi connectivity index (χ1v) is 12.9. The summed E-state index contributed by atoms with van der Waals surface area (Å²) in [5.41, 5.74) is 4.09. The van der Waals surface area contributed by atoms with Crippen LogP contribution in [0.3, 0.4) is 0 Å². The van der Waals surface area contributed by atoms with Crippen LogP contribution in [0.15, 0.2) is 87.2 Å². The molecule has 0 unspecified atom stereocenters. The van der Waals surface area contributed by atoms with Crippen LogP contribution in [-0.4, -0.2) is 51.1 Å². The molecule has 0 fully saturated rings. The van der Waals surface area contributed by atoms with Gasteiger partial charge in [0.2, 0.25) is 0 Å². The fourth-order valence-corrected chi connectivity index (χ4v) is 4.52. The Kier molecular flexibility index (Phi) is 9.74. The third-order valence-corrected chi connectivity index (χ3v) is 6.48. The Morgan fingerprint density at radius 2 is 1.18 bits per heavy atom. The summed E-state index contributed by atoms with van der Waals surface area (Å²) >= 11 is 0. The molecule has 0 bridgehead atoms. The molecule has 39 heavy (non-hydrogen) atoms. The molecule has 0 saturated heterocycles. The van der Waals surface area contributed by atoms with Gasteiger partial charge in [-0.15, -0.1) is 24.8 Å². The van der Waals surface area contributed by atoms with E-state index >= 15 is 0 Å². The average molecular weight is 568 g/mol. The van der Waals surface area contributed by atoms with Crippen LogP contribution in [0.2, 0.25) is 0 Å². The van der Waals surface area contributed by atoms with Crippen molar-refractivity contribution in [3.05, 3.63) is 83.9 Å². The molecule has 0 saturated carbocycles. The number of unbranched alkanes of at least 4 members (excludes halogenated alkanes) is 1. The molecule has 3 heterocycles.